The maximum Gasteiger partial charge on any atom is 0.264 e. The van der Waals surface area contributed by atoms with Crippen LogP contribution in [0.5, 0.6) is 0 Å². The van der Waals surface area contributed by atoms with Gasteiger partial charge in [0, 0.05) is 25.5 Å². The molecule has 3 rings (SSSR count). The van der Waals surface area contributed by atoms with Gasteiger partial charge in [0.1, 0.15) is 0 Å². The summed E-state index contributed by atoms with van der Waals surface area (Å²) in [6, 6.07) is 15.0. The molecule has 8 heteroatoms. The first-order valence-corrected chi connectivity index (χ1v) is 9.68. The topological polar surface area (TPSA) is 84.3 Å². The monoisotopic (exact) mass is 384 g/mol. The van der Waals surface area contributed by atoms with Gasteiger partial charge in [-0.25, -0.2) is 8.42 Å². The zero-order valence-electron chi connectivity index (χ0n) is 15.2. The third-order valence-electron chi connectivity index (χ3n) is 4.35. The fourth-order valence-corrected chi connectivity index (χ4v) is 3.83. The summed E-state index contributed by atoms with van der Waals surface area (Å²) in [5.41, 5.74) is 2.11. The van der Waals surface area contributed by atoms with Crippen LogP contribution in [0.2, 0.25) is 0 Å². The number of carbonyl (C=O) groups is 1. The highest BCUT2D eigenvalue weighted by molar-refractivity contribution is 7.92. The molecule has 0 atom stereocenters. The number of aromatic nitrogens is 2. The van der Waals surface area contributed by atoms with Crippen LogP contribution in [0.4, 0.5) is 11.4 Å². The van der Waals surface area contributed by atoms with Gasteiger partial charge in [-0.05, 0) is 37.3 Å². The van der Waals surface area contributed by atoms with Crippen molar-refractivity contribution < 1.29 is 13.2 Å². The van der Waals surface area contributed by atoms with E-state index in [4.69, 9.17) is 0 Å². The Balaban J connectivity index is 1.87. The van der Waals surface area contributed by atoms with Crippen LogP contribution in [-0.4, -0.2) is 31.2 Å². The van der Waals surface area contributed by atoms with Crippen molar-refractivity contribution in [2.24, 2.45) is 7.05 Å². The predicted octanol–water partition coefficient (Wildman–Crippen LogP) is 2.81. The van der Waals surface area contributed by atoms with Gasteiger partial charge in [0.05, 0.1) is 22.3 Å². The highest BCUT2D eigenvalue weighted by atomic mass is 32.2. The maximum atomic E-state index is 12.9. The Kier molecular flexibility index (Phi) is 5.00. The first kappa shape index (κ1) is 18.7. The van der Waals surface area contributed by atoms with E-state index >= 15 is 0 Å². The van der Waals surface area contributed by atoms with E-state index in [0.717, 1.165) is 5.69 Å². The van der Waals surface area contributed by atoms with E-state index in [9.17, 15) is 13.2 Å². The number of aryl methyl sites for hydroxylation is 1. The van der Waals surface area contributed by atoms with Gasteiger partial charge in [0.25, 0.3) is 15.9 Å². The van der Waals surface area contributed by atoms with E-state index in [0.29, 0.717) is 16.9 Å². The van der Waals surface area contributed by atoms with Crippen LogP contribution < -0.4 is 9.62 Å². The third kappa shape index (κ3) is 3.70. The number of nitrogens with one attached hydrogen (secondary N) is 1. The molecular weight excluding hydrogens is 364 g/mol. The van der Waals surface area contributed by atoms with Crippen molar-refractivity contribution >= 4 is 27.3 Å². The highest BCUT2D eigenvalue weighted by Gasteiger charge is 2.22. The Bertz CT molecular complexity index is 1080. The lowest BCUT2D eigenvalue weighted by atomic mass is 10.2. The molecule has 0 fully saturated rings. The number of amides is 1. The zero-order valence-corrected chi connectivity index (χ0v) is 16.1. The van der Waals surface area contributed by atoms with Gasteiger partial charge in [-0.15, -0.1) is 0 Å². The van der Waals surface area contributed by atoms with Crippen LogP contribution in [0.15, 0.2) is 65.7 Å². The molecule has 3 aromatic rings. The molecule has 0 radical (unpaired) electrons. The van der Waals surface area contributed by atoms with E-state index < -0.39 is 10.0 Å². The standard InChI is InChI=1S/C19H20N4O3S/c1-14-18(13-20-22(14)2)19(24)21-15-8-7-11-17(12-15)27(25,26)23(3)16-9-5-4-6-10-16/h4-13H,1-3H3,(H,21,24). The molecule has 0 aliphatic heterocycles. The minimum Gasteiger partial charge on any atom is -0.322 e. The molecule has 27 heavy (non-hydrogen) atoms. The van der Waals surface area contributed by atoms with Crippen molar-refractivity contribution in [2.45, 2.75) is 11.8 Å². The van der Waals surface area contributed by atoms with Gasteiger partial charge >= 0.3 is 0 Å². The maximum absolute atomic E-state index is 12.9. The minimum absolute atomic E-state index is 0.0922. The van der Waals surface area contributed by atoms with Crippen molar-refractivity contribution in [3.8, 4) is 0 Å². The summed E-state index contributed by atoms with van der Waals surface area (Å²) in [6.45, 7) is 1.79. The number of anilines is 2. The molecular formula is C19H20N4O3S. The fourth-order valence-electron chi connectivity index (χ4n) is 2.59. The van der Waals surface area contributed by atoms with Crippen molar-refractivity contribution in [1.29, 1.82) is 0 Å². The molecule has 0 aliphatic carbocycles. The molecule has 2 aromatic carbocycles. The quantitative estimate of drug-likeness (QED) is 0.733. The number of nitrogens with zero attached hydrogens (tertiary/aromatic N) is 3. The van der Waals surface area contributed by atoms with Gasteiger partial charge in [-0.2, -0.15) is 5.10 Å². The summed E-state index contributed by atoms with van der Waals surface area (Å²) >= 11 is 0. The average molecular weight is 384 g/mol. The van der Waals surface area contributed by atoms with Gasteiger partial charge in [-0.3, -0.25) is 13.8 Å². The van der Waals surface area contributed by atoms with Crippen molar-refractivity contribution in [3.05, 3.63) is 72.1 Å². The molecule has 140 valence electrons. The van der Waals surface area contributed by atoms with E-state index in [1.165, 1.54) is 29.7 Å². The summed E-state index contributed by atoms with van der Waals surface area (Å²) in [5, 5.41) is 6.77. The molecule has 1 N–H and O–H groups in total. The molecule has 0 aliphatic rings. The van der Waals surface area contributed by atoms with Crippen LogP contribution in [0.1, 0.15) is 16.1 Å². The molecule has 0 spiro atoms. The second-order valence-corrected chi connectivity index (χ2v) is 8.03. The highest BCUT2D eigenvalue weighted by Crippen LogP contribution is 2.24. The van der Waals surface area contributed by atoms with Crippen molar-refractivity contribution in [1.82, 2.24) is 9.78 Å². The Labute approximate surface area is 158 Å². The summed E-state index contributed by atoms with van der Waals surface area (Å²) in [7, 11) is -0.510. The van der Waals surface area contributed by atoms with Gasteiger partial charge in [-0.1, -0.05) is 24.3 Å². The van der Waals surface area contributed by atoms with Crippen LogP contribution in [0, 0.1) is 6.92 Å². The van der Waals surface area contributed by atoms with E-state index in [2.05, 4.69) is 10.4 Å². The number of benzene rings is 2. The van der Waals surface area contributed by atoms with Gasteiger partial charge in [0.15, 0.2) is 0 Å². The van der Waals surface area contributed by atoms with Crippen LogP contribution in [0.25, 0.3) is 0 Å². The number of sulfonamides is 1. The molecule has 1 aromatic heterocycles. The predicted molar refractivity (Wildman–Crippen MR) is 104 cm³/mol. The van der Waals surface area contributed by atoms with Gasteiger partial charge < -0.3 is 5.32 Å². The normalized spacial score (nSPS) is 11.2. The largest absolute Gasteiger partial charge is 0.322 e. The summed E-state index contributed by atoms with van der Waals surface area (Å²) < 4.78 is 28.6. The number of rotatable bonds is 5. The fraction of sp³-hybridized carbons (Fsp3) is 0.158. The number of hydrogen-bond donors (Lipinski definition) is 1. The zero-order chi connectivity index (χ0) is 19.6. The average Bonchev–Trinajstić information content (AvgIpc) is 3.01. The number of para-hydroxylation sites is 1. The summed E-state index contributed by atoms with van der Waals surface area (Å²) in [6.07, 6.45) is 1.48. The summed E-state index contributed by atoms with van der Waals surface area (Å²) in [5.74, 6) is -0.341. The Hall–Kier alpha value is -3.13. The van der Waals surface area contributed by atoms with Gasteiger partial charge in [0.2, 0.25) is 0 Å². The molecule has 0 saturated carbocycles. The molecule has 1 heterocycles. The molecule has 7 nitrogen and oxygen atoms in total. The third-order valence-corrected chi connectivity index (χ3v) is 6.13. The molecule has 0 bridgehead atoms. The lowest BCUT2D eigenvalue weighted by molar-refractivity contribution is 0.102. The lowest BCUT2D eigenvalue weighted by Crippen LogP contribution is -2.26. The SMILES string of the molecule is Cc1c(C(=O)Nc2cccc(S(=O)(=O)N(C)c3ccccc3)c2)cnn1C. The molecule has 0 saturated heterocycles. The van der Waals surface area contributed by atoms with Crippen LogP contribution in [-0.2, 0) is 17.1 Å². The second-order valence-electron chi connectivity index (χ2n) is 6.06. The number of hydrogen-bond acceptors (Lipinski definition) is 4. The molecule has 0 unspecified atom stereocenters. The smallest absolute Gasteiger partial charge is 0.264 e. The first-order valence-electron chi connectivity index (χ1n) is 8.24. The van der Waals surface area contributed by atoms with Crippen molar-refractivity contribution in [2.75, 3.05) is 16.7 Å². The van der Waals surface area contributed by atoms with E-state index in [1.807, 2.05) is 6.07 Å². The Morgan fingerprint density at radius 2 is 1.81 bits per heavy atom. The molecule has 1 amide bonds. The Morgan fingerprint density at radius 1 is 1.11 bits per heavy atom. The number of carbonyl (C=O) groups excluding carboxylic acids is 1. The summed E-state index contributed by atoms with van der Waals surface area (Å²) in [4.78, 5) is 12.5. The van der Waals surface area contributed by atoms with E-state index in [1.54, 1.807) is 55.1 Å². The van der Waals surface area contributed by atoms with Crippen molar-refractivity contribution in [3.63, 3.8) is 0 Å². The minimum atomic E-state index is -3.75. The van der Waals surface area contributed by atoms with Crippen LogP contribution >= 0.6 is 0 Å². The first-order chi connectivity index (χ1) is 12.8. The van der Waals surface area contributed by atoms with E-state index in [-0.39, 0.29) is 10.8 Å². The second kappa shape index (κ2) is 7.24. The van der Waals surface area contributed by atoms with Crippen LogP contribution in [0.3, 0.4) is 0 Å². The Morgan fingerprint density at radius 3 is 2.44 bits per heavy atom. The lowest BCUT2D eigenvalue weighted by Gasteiger charge is -2.19.